The van der Waals surface area contributed by atoms with Crippen molar-refractivity contribution in [2.45, 2.75) is 130 Å². The molecule has 0 aliphatic carbocycles. The summed E-state index contributed by atoms with van der Waals surface area (Å²) >= 11 is 0. The van der Waals surface area contributed by atoms with Crippen molar-refractivity contribution in [2.75, 3.05) is 26.4 Å². The molecule has 0 unspecified atom stereocenters. The van der Waals surface area contributed by atoms with Gasteiger partial charge < -0.3 is 105 Å². The molecule has 4 saturated heterocycles. The third-order valence-corrected chi connectivity index (χ3v) is 8.59. The molecule has 4 fully saturated rings. The molecular formula is C26H45NO21. The maximum atomic E-state index is 12.3. The largest absolute Gasteiger partial charge is 0.394 e. The number of aliphatic hydroxyl groups is 13. The lowest BCUT2D eigenvalue weighted by atomic mass is 9.95. The second-order valence-electron chi connectivity index (χ2n) is 11.9. The van der Waals surface area contributed by atoms with Gasteiger partial charge in [0.1, 0.15) is 97.6 Å². The topological polar surface area (TPSA) is 357 Å². The Kier molecular flexibility index (Phi) is 13.8. The van der Waals surface area contributed by atoms with Gasteiger partial charge in [0.2, 0.25) is 5.91 Å². The van der Waals surface area contributed by atoms with Crippen LogP contribution < -0.4 is 5.32 Å². The van der Waals surface area contributed by atoms with Gasteiger partial charge in [-0.15, -0.1) is 0 Å². The summed E-state index contributed by atoms with van der Waals surface area (Å²) in [6.45, 7) is -2.16. The summed E-state index contributed by atoms with van der Waals surface area (Å²) in [6.07, 6.45) is -33.6. The molecule has 0 bridgehead atoms. The zero-order valence-corrected chi connectivity index (χ0v) is 25.5. The lowest BCUT2D eigenvalue weighted by molar-refractivity contribution is -0.383. The molecule has 48 heavy (non-hydrogen) atoms. The summed E-state index contributed by atoms with van der Waals surface area (Å²) in [7, 11) is 0. The molecule has 280 valence electrons. The van der Waals surface area contributed by atoms with Crippen LogP contribution in [0.2, 0.25) is 0 Å². The fraction of sp³-hybridized carbons (Fsp3) is 0.962. The van der Waals surface area contributed by atoms with Crippen LogP contribution in [0.1, 0.15) is 6.92 Å². The predicted molar refractivity (Wildman–Crippen MR) is 145 cm³/mol. The number of carbonyl (C=O) groups is 1. The molecule has 20 atom stereocenters. The lowest BCUT2D eigenvalue weighted by Gasteiger charge is -2.49. The molecule has 22 nitrogen and oxygen atoms in total. The predicted octanol–water partition coefficient (Wildman–Crippen LogP) is -9.61. The van der Waals surface area contributed by atoms with E-state index >= 15 is 0 Å². The Morgan fingerprint density at radius 2 is 1.02 bits per heavy atom. The first-order valence-corrected chi connectivity index (χ1v) is 15.1. The zero-order valence-electron chi connectivity index (χ0n) is 25.5. The summed E-state index contributed by atoms with van der Waals surface area (Å²) in [6, 6.07) is -1.52. The molecule has 0 aromatic rings. The molecule has 0 spiro atoms. The van der Waals surface area contributed by atoms with E-state index in [-0.39, 0.29) is 0 Å². The average Bonchev–Trinajstić information content (AvgIpc) is 3.06. The number of amides is 1. The van der Waals surface area contributed by atoms with E-state index in [2.05, 4.69) is 5.32 Å². The summed E-state index contributed by atoms with van der Waals surface area (Å²) in [5.74, 6) is -0.731. The molecule has 14 N–H and O–H groups in total. The van der Waals surface area contributed by atoms with E-state index < -0.39 is 155 Å². The van der Waals surface area contributed by atoms with Crippen molar-refractivity contribution in [1.29, 1.82) is 0 Å². The van der Waals surface area contributed by atoms with Gasteiger partial charge in [-0.25, -0.2) is 0 Å². The third kappa shape index (κ3) is 8.24. The smallest absolute Gasteiger partial charge is 0.217 e. The molecule has 0 aromatic carbocycles. The van der Waals surface area contributed by atoms with Gasteiger partial charge in [-0.3, -0.25) is 4.79 Å². The van der Waals surface area contributed by atoms with Gasteiger partial charge in [-0.2, -0.15) is 0 Å². The van der Waals surface area contributed by atoms with Crippen molar-refractivity contribution in [1.82, 2.24) is 5.32 Å². The molecule has 4 heterocycles. The van der Waals surface area contributed by atoms with Crippen LogP contribution in [0.4, 0.5) is 0 Å². The Hall–Kier alpha value is -1.33. The third-order valence-electron chi connectivity index (χ3n) is 8.59. The summed E-state index contributed by atoms with van der Waals surface area (Å²) in [5.41, 5.74) is 0. The molecule has 4 aliphatic heterocycles. The van der Waals surface area contributed by atoms with Crippen LogP contribution in [0.15, 0.2) is 0 Å². The van der Waals surface area contributed by atoms with Crippen LogP contribution in [0.25, 0.3) is 0 Å². The van der Waals surface area contributed by atoms with Crippen molar-refractivity contribution in [3.8, 4) is 0 Å². The maximum absolute atomic E-state index is 12.3. The van der Waals surface area contributed by atoms with Crippen molar-refractivity contribution >= 4 is 5.91 Å². The van der Waals surface area contributed by atoms with Crippen molar-refractivity contribution in [3.05, 3.63) is 0 Å². The molecule has 0 aromatic heterocycles. The Morgan fingerprint density at radius 3 is 1.60 bits per heavy atom. The van der Waals surface area contributed by atoms with E-state index in [0.717, 1.165) is 6.92 Å². The highest BCUT2D eigenvalue weighted by Crippen LogP contribution is 2.33. The summed E-state index contributed by atoms with van der Waals surface area (Å²) in [5, 5.41) is 135. The van der Waals surface area contributed by atoms with E-state index in [1.54, 1.807) is 0 Å². The SMILES string of the molecule is CC(=O)N[C@H]1[C@@H](OC[C@H]2O[C@H](O)[C@@H](O)[C@@H](O)[C@@H]2O)O[C@H](CO)[C@@H](O)[C@@H]1O[C@@H]1O[C@H](CO)[C@@H](O)[C@H](O)[C@@H]1O[C@H]1O[C@H](CO)[C@@H](O)[C@H](O)[C@@H]1O. The van der Waals surface area contributed by atoms with Crippen LogP contribution in [-0.2, 0) is 38.0 Å². The molecule has 4 rings (SSSR count). The Balaban J connectivity index is 1.60. The first kappa shape index (κ1) is 39.5. The Bertz CT molecular complexity index is 1030. The number of aliphatic hydroxyl groups excluding tert-OH is 13. The second kappa shape index (κ2) is 16.8. The van der Waals surface area contributed by atoms with E-state index in [4.69, 9.17) is 33.2 Å². The minimum atomic E-state index is -1.98. The van der Waals surface area contributed by atoms with E-state index in [9.17, 15) is 71.2 Å². The molecule has 22 heteroatoms. The van der Waals surface area contributed by atoms with Crippen LogP contribution in [0, 0.1) is 0 Å². The average molecular weight is 708 g/mol. The molecule has 0 saturated carbocycles. The quantitative estimate of drug-likeness (QED) is 0.0947. The number of carbonyl (C=O) groups excluding carboxylic acids is 1. The Labute approximate surface area is 272 Å². The fourth-order valence-electron chi connectivity index (χ4n) is 5.82. The van der Waals surface area contributed by atoms with Gasteiger partial charge in [0.15, 0.2) is 25.2 Å². The highest BCUT2D eigenvalue weighted by Gasteiger charge is 2.55. The highest BCUT2D eigenvalue weighted by molar-refractivity contribution is 5.73. The Morgan fingerprint density at radius 1 is 0.542 bits per heavy atom. The van der Waals surface area contributed by atoms with Gasteiger partial charge in [-0.05, 0) is 0 Å². The zero-order chi connectivity index (χ0) is 35.6. The minimum absolute atomic E-state index is 0.663. The first-order chi connectivity index (χ1) is 22.6. The highest BCUT2D eigenvalue weighted by atomic mass is 16.8. The monoisotopic (exact) mass is 707 g/mol. The van der Waals surface area contributed by atoms with Gasteiger partial charge >= 0.3 is 0 Å². The number of hydrogen-bond donors (Lipinski definition) is 14. The van der Waals surface area contributed by atoms with Crippen LogP contribution >= 0.6 is 0 Å². The molecule has 0 radical (unpaired) electrons. The fourth-order valence-corrected chi connectivity index (χ4v) is 5.82. The maximum Gasteiger partial charge on any atom is 0.217 e. The van der Waals surface area contributed by atoms with Gasteiger partial charge in [0, 0.05) is 6.92 Å². The number of ether oxygens (including phenoxy) is 7. The van der Waals surface area contributed by atoms with Crippen molar-refractivity contribution in [2.24, 2.45) is 0 Å². The van der Waals surface area contributed by atoms with Gasteiger partial charge in [0.25, 0.3) is 0 Å². The van der Waals surface area contributed by atoms with Crippen molar-refractivity contribution in [3.63, 3.8) is 0 Å². The summed E-state index contributed by atoms with van der Waals surface area (Å²) in [4.78, 5) is 12.3. The van der Waals surface area contributed by atoms with E-state index in [0.29, 0.717) is 0 Å². The normalized spacial score (nSPS) is 50.2. The van der Waals surface area contributed by atoms with Crippen LogP contribution in [0.3, 0.4) is 0 Å². The van der Waals surface area contributed by atoms with E-state index in [1.165, 1.54) is 0 Å². The second-order valence-corrected chi connectivity index (χ2v) is 11.9. The number of hydrogen-bond acceptors (Lipinski definition) is 21. The van der Waals surface area contributed by atoms with Crippen LogP contribution in [-0.4, -0.2) is 221 Å². The van der Waals surface area contributed by atoms with Gasteiger partial charge in [-0.1, -0.05) is 0 Å². The number of rotatable bonds is 11. The summed E-state index contributed by atoms with van der Waals surface area (Å²) < 4.78 is 38.9. The molecular weight excluding hydrogens is 662 g/mol. The molecule has 4 aliphatic rings. The number of nitrogens with one attached hydrogen (secondary N) is 1. The van der Waals surface area contributed by atoms with Gasteiger partial charge in [0.05, 0.1) is 26.4 Å². The molecule has 1 amide bonds. The van der Waals surface area contributed by atoms with E-state index in [1.807, 2.05) is 0 Å². The van der Waals surface area contributed by atoms with Crippen molar-refractivity contribution < 1.29 is 104 Å². The standard InChI is InChI=1S/C26H45NO21/c1-6(31)27-11-21(15(35)9(4-30)44-24(11)42-5-10-14(34)16(36)19(39)23(41)43-10)47-26-22(18(38)13(33)8(3-29)46-26)48-25-20(40)17(37)12(32)7(2-28)45-25/h7-26,28-30,32-41H,2-5H2,1H3,(H,27,31)/t7-,8-,9-,10-,11-,12-,13-,14-,15-,16+,17+,18+,19+,20+,21-,22+,23+,24+,25-,26+/m1/s1. The first-order valence-electron chi connectivity index (χ1n) is 15.1. The van der Waals surface area contributed by atoms with Crippen LogP contribution in [0.5, 0.6) is 0 Å². The minimum Gasteiger partial charge on any atom is -0.394 e. The lowest BCUT2D eigenvalue weighted by Crippen LogP contribution is -2.69.